The Balaban J connectivity index is 2.15. The third-order valence-corrected chi connectivity index (χ3v) is 5.07. The molecule has 0 spiro atoms. The highest BCUT2D eigenvalue weighted by Crippen LogP contribution is 2.23. The molecule has 0 unspecified atom stereocenters. The van der Waals surface area contributed by atoms with Crippen LogP contribution in [0, 0.1) is 0 Å². The molecule has 9 heteroatoms. The van der Waals surface area contributed by atoms with E-state index in [1.807, 2.05) is 30.3 Å². The summed E-state index contributed by atoms with van der Waals surface area (Å²) in [4.78, 5) is 41.2. The summed E-state index contributed by atoms with van der Waals surface area (Å²) in [5, 5.41) is 0.486. The summed E-state index contributed by atoms with van der Waals surface area (Å²) >= 11 is 1.18. The van der Waals surface area contributed by atoms with E-state index in [0.29, 0.717) is 29.5 Å². The van der Waals surface area contributed by atoms with Crippen molar-refractivity contribution in [3.05, 3.63) is 56.7 Å². The molecule has 0 aliphatic heterocycles. The maximum atomic E-state index is 12.8. The van der Waals surface area contributed by atoms with Gasteiger partial charge >= 0.3 is 11.7 Å². The van der Waals surface area contributed by atoms with Crippen molar-refractivity contribution in [2.45, 2.75) is 18.6 Å². The smallest absolute Gasteiger partial charge is 0.332 e. The van der Waals surface area contributed by atoms with Gasteiger partial charge < -0.3 is 9.30 Å². The van der Waals surface area contributed by atoms with Crippen molar-refractivity contribution in [3.63, 3.8) is 0 Å². The molecule has 142 valence electrons. The number of aryl methyl sites for hydroxylation is 1. The lowest BCUT2D eigenvalue weighted by molar-refractivity contribution is -0.139. The van der Waals surface area contributed by atoms with Crippen LogP contribution in [0.5, 0.6) is 0 Å². The van der Waals surface area contributed by atoms with E-state index >= 15 is 0 Å². The van der Waals surface area contributed by atoms with Gasteiger partial charge in [0.2, 0.25) is 0 Å². The van der Waals surface area contributed by atoms with Crippen molar-refractivity contribution in [2.75, 3.05) is 12.4 Å². The Kier molecular flexibility index (Phi) is 5.50. The molecule has 0 atom stereocenters. The van der Waals surface area contributed by atoms with Crippen LogP contribution < -0.4 is 11.2 Å². The first-order chi connectivity index (χ1) is 12.9. The van der Waals surface area contributed by atoms with E-state index in [-0.39, 0.29) is 11.7 Å². The average molecular weight is 388 g/mol. The number of carbonyl (C=O) groups is 1. The van der Waals surface area contributed by atoms with Crippen molar-refractivity contribution >= 4 is 28.9 Å². The number of hydrogen-bond donors (Lipinski definition) is 0. The molecule has 0 bridgehead atoms. The second-order valence-electron chi connectivity index (χ2n) is 5.94. The Hall–Kier alpha value is -2.81. The Labute approximate surface area is 159 Å². The topological polar surface area (TPSA) is 88.1 Å². The lowest BCUT2D eigenvalue weighted by Gasteiger charge is -2.09. The van der Waals surface area contributed by atoms with Crippen LogP contribution in [-0.4, -0.2) is 37.0 Å². The molecule has 0 fully saturated rings. The molecular formula is C18H20N4O4S. The quantitative estimate of drug-likeness (QED) is 0.465. The van der Waals surface area contributed by atoms with Crippen LogP contribution in [-0.2, 0) is 30.2 Å². The molecule has 2 aromatic heterocycles. The zero-order valence-electron chi connectivity index (χ0n) is 15.3. The van der Waals surface area contributed by atoms with Gasteiger partial charge in [0.1, 0.15) is 0 Å². The summed E-state index contributed by atoms with van der Waals surface area (Å²) in [6.45, 7) is 2.44. The Morgan fingerprint density at radius 2 is 1.85 bits per heavy atom. The molecule has 27 heavy (non-hydrogen) atoms. The van der Waals surface area contributed by atoms with E-state index in [4.69, 9.17) is 4.74 Å². The summed E-state index contributed by atoms with van der Waals surface area (Å²) in [5.74, 6) is -0.289. The molecule has 3 rings (SSSR count). The number of esters is 1. The molecule has 2 heterocycles. The first-order valence-electron chi connectivity index (χ1n) is 8.42. The molecule has 0 aliphatic rings. The molecule has 1 aromatic carbocycles. The predicted octanol–water partition coefficient (Wildman–Crippen LogP) is 1.14. The zero-order valence-corrected chi connectivity index (χ0v) is 16.2. The van der Waals surface area contributed by atoms with Gasteiger partial charge in [-0.1, -0.05) is 42.1 Å². The fourth-order valence-electron chi connectivity index (χ4n) is 2.78. The Morgan fingerprint density at radius 1 is 1.15 bits per heavy atom. The number of ether oxygens (including phenoxy) is 1. The minimum absolute atomic E-state index is 0.0697. The van der Waals surface area contributed by atoms with E-state index in [1.54, 1.807) is 18.5 Å². The van der Waals surface area contributed by atoms with Gasteiger partial charge in [0.15, 0.2) is 16.3 Å². The van der Waals surface area contributed by atoms with Crippen LogP contribution >= 0.6 is 11.8 Å². The van der Waals surface area contributed by atoms with Gasteiger partial charge in [-0.2, -0.15) is 0 Å². The fourth-order valence-corrected chi connectivity index (χ4v) is 3.57. The average Bonchev–Trinajstić information content (AvgIpc) is 3.02. The van der Waals surface area contributed by atoms with Gasteiger partial charge in [-0.15, -0.1) is 0 Å². The number of hydrogen-bond acceptors (Lipinski definition) is 6. The molecule has 0 saturated heterocycles. The molecular weight excluding hydrogens is 368 g/mol. The molecule has 3 aromatic rings. The normalized spacial score (nSPS) is 11.1. The number of nitrogens with zero attached hydrogens (tertiary/aromatic N) is 4. The summed E-state index contributed by atoms with van der Waals surface area (Å²) in [6, 6.07) is 9.62. The van der Waals surface area contributed by atoms with E-state index in [9.17, 15) is 14.4 Å². The number of benzene rings is 1. The lowest BCUT2D eigenvalue weighted by atomic mass is 10.2. The van der Waals surface area contributed by atoms with E-state index < -0.39 is 11.2 Å². The summed E-state index contributed by atoms with van der Waals surface area (Å²) in [7, 11) is 3.01. The van der Waals surface area contributed by atoms with Gasteiger partial charge in [-0.05, 0) is 12.5 Å². The zero-order chi connectivity index (χ0) is 19.6. The van der Waals surface area contributed by atoms with Gasteiger partial charge in [0.25, 0.3) is 5.56 Å². The highest BCUT2D eigenvalue weighted by molar-refractivity contribution is 7.99. The molecule has 8 nitrogen and oxygen atoms in total. The van der Waals surface area contributed by atoms with E-state index in [1.165, 1.54) is 23.4 Å². The third-order valence-electron chi connectivity index (χ3n) is 4.12. The number of thioether (sulfide) groups is 1. The van der Waals surface area contributed by atoms with Crippen LogP contribution in [0.2, 0.25) is 0 Å². The number of carbonyl (C=O) groups excluding carboxylic acids is 1. The van der Waals surface area contributed by atoms with Crippen LogP contribution in [0.1, 0.15) is 12.5 Å². The highest BCUT2D eigenvalue weighted by atomic mass is 32.2. The minimum Gasteiger partial charge on any atom is -0.465 e. The standard InChI is InChI=1S/C18H20N4O4S/c1-4-26-13(23)11-27-17-19-15-14(16(24)21(3)18(25)20(15)2)22(17)10-12-8-6-5-7-9-12/h5-9H,4,10-11H2,1-3H3. The van der Waals surface area contributed by atoms with Gasteiger partial charge in [0.05, 0.1) is 18.9 Å². The molecule has 0 N–H and O–H groups in total. The van der Waals surface area contributed by atoms with Gasteiger partial charge in [-0.3, -0.25) is 18.7 Å². The minimum atomic E-state index is -0.446. The highest BCUT2D eigenvalue weighted by Gasteiger charge is 2.20. The lowest BCUT2D eigenvalue weighted by Crippen LogP contribution is -2.37. The van der Waals surface area contributed by atoms with Crippen molar-refractivity contribution < 1.29 is 9.53 Å². The molecule has 0 amide bonds. The maximum Gasteiger partial charge on any atom is 0.332 e. The van der Waals surface area contributed by atoms with Crippen LogP contribution in [0.4, 0.5) is 0 Å². The van der Waals surface area contributed by atoms with Crippen LogP contribution in [0.25, 0.3) is 11.2 Å². The Morgan fingerprint density at radius 3 is 2.52 bits per heavy atom. The first-order valence-corrected chi connectivity index (χ1v) is 9.41. The molecule has 0 saturated carbocycles. The maximum absolute atomic E-state index is 12.8. The molecule has 0 radical (unpaired) electrons. The first kappa shape index (κ1) is 19.0. The third kappa shape index (κ3) is 3.68. The SMILES string of the molecule is CCOC(=O)CSc1nc2c(c(=O)n(C)c(=O)n2C)n1Cc1ccccc1. The van der Waals surface area contributed by atoms with E-state index in [0.717, 1.165) is 10.1 Å². The summed E-state index contributed by atoms with van der Waals surface area (Å²) in [5.41, 5.74) is 0.740. The summed E-state index contributed by atoms with van der Waals surface area (Å²) in [6.07, 6.45) is 0. The molecule has 0 aliphatic carbocycles. The largest absolute Gasteiger partial charge is 0.465 e. The van der Waals surface area contributed by atoms with Crippen molar-refractivity contribution in [1.29, 1.82) is 0 Å². The van der Waals surface area contributed by atoms with Crippen molar-refractivity contribution in [1.82, 2.24) is 18.7 Å². The second-order valence-corrected chi connectivity index (χ2v) is 6.88. The number of rotatable bonds is 6. The van der Waals surface area contributed by atoms with Crippen molar-refractivity contribution in [2.24, 2.45) is 14.1 Å². The predicted molar refractivity (Wildman–Crippen MR) is 103 cm³/mol. The van der Waals surface area contributed by atoms with Gasteiger partial charge in [0, 0.05) is 14.1 Å². The summed E-state index contributed by atoms with van der Waals surface area (Å²) < 4.78 is 9.11. The monoisotopic (exact) mass is 388 g/mol. The van der Waals surface area contributed by atoms with E-state index in [2.05, 4.69) is 4.98 Å². The number of imidazole rings is 1. The van der Waals surface area contributed by atoms with Crippen LogP contribution in [0.3, 0.4) is 0 Å². The Bertz CT molecular complexity index is 1100. The van der Waals surface area contributed by atoms with Gasteiger partial charge in [-0.25, -0.2) is 9.78 Å². The fraction of sp³-hybridized carbons (Fsp3) is 0.333. The van der Waals surface area contributed by atoms with Crippen LogP contribution in [0.15, 0.2) is 45.1 Å². The number of fused-ring (bicyclic) bond motifs is 1. The number of aromatic nitrogens is 4. The van der Waals surface area contributed by atoms with Crippen molar-refractivity contribution in [3.8, 4) is 0 Å². The second kappa shape index (κ2) is 7.83.